The van der Waals surface area contributed by atoms with E-state index in [1.165, 1.54) is 0 Å². The minimum Gasteiger partial charge on any atom is -0.496 e. The largest absolute Gasteiger partial charge is 0.496 e. The maximum Gasteiger partial charge on any atom is 0.145 e. The lowest BCUT2D eigenvalue weighted by molar-refractivity contribution is 0.410. The highest BCUT2D eigenvalue weighted by molar-refractivity contribution is 6.31. The van der Waals surface area contributed by atoms with Crippen LogP contribution in [0.25, 0.3) is 0 Å². The van der Waals surface area contributed by atoms with Crippen molar-refractivity contribution in [3.8, 4) is 5.75 Å². The molecule has 0 saturated carbocycles. The Morgan fingerprint density at radius 3 is 2.71 bits per heavy atom. The molecule has 0 aliphatic carbocycles. The molecule has 7 heteroatoms. The Balaban J connectivity index is 2.20. The summed E-state index contributed by atoms with van der Waals surface area (Å²) in [5.74, 6) is 8.09. The minimum absolute atomic E-state index is 0.493. The van der Waals surface area contributed by atoms with Crippen LogP contribution >= 0.6 is 11.6 Å². The monoisotopic (exact) mass is 307 g/mol. The molecule has 4 N–H and O–H groups in total. The van der Waals surface area contributed by atoms with Crippen molar-refractivity contribution in [3.63, 3.8) is 0 Å². The predicted octanol–water partition coefficient (Wildman–Crippen LogP) is 2.60. The average Bonchev–Trinajstić information content (AvgIpc) is 2.52. The Kier molecular flexibility index (Phi) is 5.19. The number of nitrogen functional groups attached to an aromatic ring is 1. The van der Waals surface area contributed by atoms with E-state index in [-0.39, 0.29) is 0 Å². The zero-order chi connectivity index (χ0) is 15.2. The van der Waals surface area contributed by atoms with Gasteiger partial charge in [-0.05, 0) is 12.1 Å². The number of hydrogen-bond donors (Lipinski definition) is 3. The first-order valence-corrected chi connectivity index (χ1v) is 6.95. The Hall–Kier alpha value is -2.05. The van der Waals surface area contributed by atoms with Gasteiger partial charge in [0.05, 0.1) is 7.11 Å². The molecule has 0 aliphatic rings. The summed E-state index contributed by atoms with van der Waals surface area (Å²) in [6.45, 7) is 2.48. The molecule has 112 valence electrons. The number of hydrogen-bond acceptors (Lipinski definition) is 6. The van der Waals surface area contributed by atoms with Gasteiger partial charge in [-0.2, -0.15) is 0 Å². The average molecular weight is 308 g/mol. The number of nitrogens with one attached hydrogen (secondary N) is 2. The van der Waals surface area contributed by atoms with Gasteiger partial charge in [0.15, 0.2) is 0 Å². The number of anilines is 2. The maximum atomic E-state index is 6.21. The number of nitrogens with two attached hydrogens (primary N) is 1. The zero-order valence-corrected chi connectivity index (χ0v) is 12.7. The van der Waals surface area contributed by atoms with Gasteiger partial charge in [-0.15, -0.1) is 0 Å². The fourth-order valence-electron chi connectivity index (χ4n) is 1.90. The predicted molar refractivity (Wildman–Crippen MR) is 84.6 cm³/mol. The molecule has 0 radical (unpaired) electrons. The Labute approximate surface area is 128 Å². The van der Waals surface area contributed by atoms with E-state index in [2.05, 4.69) is 20.7 Å². The van der Waals surface area contributed by atoms with Crippen molar-refractivity contribution < 1.29 is 4.74 Å². The van der Waals surface area contributed by atoms with Gasteiger partial charge >= 0.3 is 0 Å². The lowest BCUT2D eigenvalue weighted by Gasteiger charge is -2.13. The second kappa shape index (κ2) is 7.10. The summed E-state index contributed by atoms with van der Waals surface area (Å²) in [6.07, 6.45) is 0.722. The highest BCUT2D eigenvalue weighted by Gasteiger charge is 2.09. The van der Waals surface area contributed by atoms with Gasteiger partial charge in [-0.25, -0.2) is 15.8 Å². The summed E-state index contributed by atoms with van der Waals surface area (Å²) in [5.41, 5.74) is 3.41. The first-order valence-electron chi connectivity index (χ1n) is 6.57. The van der Waals surface area contributed by atoms with Gasteiger partial charge < -0.3 is 15.5 Å². The van der Waals surface area contributed by atoms with E-state index in [4.69, 9.17) is 22.2 Å². The molecule has 21 heavy (non-hydrogen) atoms. The van der Waals surface area contributed by atoms with Crippen molar-refractivity contribution in [2.75, 3.05) is 17.9 Å². The number of halogens is 1. The number of nitrogens with zero attached hydrogens (tertiary/aromatic N) is 2. The third-order valence-corrected chi connectivity index (χ3v) is 3.33. The van der Waals surface area contributed by atoms with E-state index in [0.29, 0.717) is 29.0 Å². The minimum atomic E-state index is 0.493. The van der Waals surface area contributed by atoms with Crippen LogP contribution in [0.2, 0.25) is 5.02 Å². The smallest absolute Gasteiger partial charge is 0.145 e. The fraction of sp³-hybridized carbons (Fsp3) is 0.286. The standard InChI is InChI=1S/C14H18ClN5O/c1-3-12-18-13(7-14(19-12)20-16)17-8-9-10(15)5-4-6-11(9)21-2/h4-7H,3,8,16H2,1-2H3,(H2,17,18,19,20). The van der Waals surface area contributed by atoms with Gasteiger partial charge in [-0.1, -0.05) is 24.6 Å². The van der Waals surface area contributed by atoms with Gasteiger partial charge in [0, 0.05) is 29.6 Å². The Morgan fingerprint density at radius 1 is 1.29 bits per heavy atom. The number of ether oxygens (including phenoxy) is 1. The van der Waals surface area contributed by atoms with Crippen LogP contribution in [0.3, 0.4) is 0 Å². The van der Waals surface area contributed by atoms with E-state index in [9.17, 15) is 0 Å². The number of methoxy groups -OCH3 is 1. The molecule has 0 atom stereocenters. The van der Waals surface area contributed by atoms with Gasteiger partial charge in [0.1, 0.15) is 23.2 Å². The zero-order valence-electron chi connectivity index (χ0n) is 12.0. The summed E-state index contributed by atoms with van der Waals surface area (Å²) in [6, 6.07) is 7.28. The van der Waals surface area contributed by atoms with Crippen molar-refractivity contribution in [1.82, 2.24) is 9.97 Å². The van der Waals surface area contributed by atoms with Crippen LogP contribution in [-0.2, 0) is 13.0 Å². The van der Waals surface area contributed by atoms with Crippen LogP contribution in [0.15, 0.2) is 24.3 Å². The van der Waals surface area contributed by atoms with Crippen LogP contribution in [0.4, 0.5) is 11.6 Å². The van der Waals surface area contributed by atoms with Gasteiger partial charge in [0.2, 0.25) is 0 Å². The van der Waals surface area contributed by atoms with E-state index in [0.717, 1.165) is 17.7 Å². The number of aryl methyl sites for hydroxylation is 1. The molecule has 0 bridgehead atoms. The fourth-order valence-corrected chi connectivity index (χ4v) is 2.13. The number of aromatic nitrogens is 2. The highest BCUT2D eigenvalue weighted by Crippen LogP contribution is 2.27. The summed E-state index contributed by atoms with van der Waals surface area (Å²) in [5, 5.41) is 3.86. The maximum absolute atomic E-state index is 6.21. The second-order valence-electron chi connectivity index (χ2n) is 4.33. The first-order chi connectivity index (χ1) is 10.2. The molecule has 2 rings (SSSR count). The normalized spacial score (nSPS) is 10.3. The lowest BCUT2D eigenvalue weighted by Crippen LogP contribution is -2.12. The van der Waals surface area contributed by atoms with Crippen molar-refractivity contribution in [1.29, 1.82) is 0 Å². The van der Waals surface area contributed by atoms with Crippen molar-refractivity contribution in [2.24, 2.45) is 5.84 Å². The molecule has 0 fully saturated rings. The second-order valence-corrected chi connectivity index (χ2v) is 4.73. The summed E-state index contributed by atoms with van der Waals surface area (Å²) < 4.78 is 5.31. The third kappa shape index (κ3) is 3.74. The summed E-state index contributed by atoms with van der Waals surface area (Å²) in [4.78, 5) is 8.64. The van der Waals surface area contributed by atoms with Crippen LogP contribution in [-0.4, -0.2) is 17.1 Å². The van der Waals surface area contributed by atoms with Gasteiger partial charge in [-0.3, -0.25) is 0 Å². The number of hydrazine groups is 1. The third-order valence-electron chi connectivity index (χ3n) is 2.98. The van der Waals surface area contributed by atoms with Crippen LogP contribution in [0, 0.1) is 0 Å². The van der Waals surface area contributed by atoms with Crippen LogP contribution in [0.1, 0.15) is 18.3 Å². The van der Waals surface area contributed by atoms with E-state index in [1.54, 1.807) is 13.2 Å². The van der Waals surface area contributed by atoms with E-state index < -0.39 is 0 Å². The molecule has 6 nitrogen and oxygen atoms in total. The van der Waals surface area contributed by atoms with Crippen molar-refractivity contribution in [2.45, 2.75) is 19.9 Å². The summed E-state index contributed by atoms with van der Waals surface area (Å²) in [7, 11) is 1.62. The molecule has 0 saturated heterocycles. The molecule has 2 aromatic rings. The molecule has 1 aromatic carbocycles. The number of rotatable bonds is 6. The first kappa shape index (κ1) is 15.3. The van der Waals surface area contributed by atoms with E-state index in [1.807, 2.05) is 25.1 Å². The number of benzene rings is 1. The van der Waals surface area contributed by atoms with E-state index >= 15 is 0 Å². The molecule has 0 aliphatic heterocycles. The summed E-state index contributed by atoms with van der Waals surface area (Å²) >= 11 is 6.21. The molecule has 0 spiro atoms. The molecular weight excluding hydrogens is 290 g/mol. The molecular formula is C14H18ClN5O. The van der Waals surface area contributed by atoms with Crippen LogP contribution < -0.4 is 21.3 Å². The SMILES string of the molecule is CCc1nc(NN)cc(NCc2c(Cl)cccc2OC)n1. The Morgan fingerprint density at radius 2 is 2.05 bits per heavy atom. The van der Waals surface area contributed by atoms with Crippen LogP contribution in [0.5, 0.6) is 5.75 Å². The quantitative estimate of drug-likeness (QED) is 0.562. The van der Waals surface area contributed by atoms with Crippen molar-refractivity contribution in [3.05, 3.63) is 40.7 Å². The highest BCUT2D eigenvalue weighted by atomic mass is 35.5. The molecule has 0 unspecified atom stereocenters. The lowest BCUT2D eigenvalue weighted by atomic mass is 10.2. The molecule has 1 aromatic heterocycles. The Bertz CT molecular complexity index is 598. The molecule has 1 heterocycles. The van der Waals surface area contributed by atoms with Gasteiger partial charge in [0.25, 0.3) is 0 Å². The van der Waals surface area contributed by atoms with Crippen molar-refractivity contribution >= 4 is 23.2 Å². The topological polar surface area (TPSA) is 85.1 Å². The molecule has 0 amide bonds.